The van der Waals surface area contributed by atoms with Gasteiger partial charge in [-0.05, 0) is 45.4 Å². The Labute approximate surface area is 128 Å². The summed E-state index contributed by atoms with van der Waals surface area (Å²) in [5.41, 5.74) is 1.17. The van der Waals surface area contributed by atoms with Gasteiger partial charge < -0.3 is 5.32 Å². The van der Waals surface area contributed by atoms with Crippen molar-refractivity contribution < 1.29 is 8.78 Å². The minimum absolute atomic E-state index is 0.000724. The van der Waals surface area contributed by atoms with Gasteiger partial charge >= 0.3 is 0 Å². The molecule has 0 saturated heterocycles. The summed E-state index contributed by atoms with van der Waals surface area (Å²) in [5, 5.41) is 3.94. The molecule has 0 saturated carbocycles. The Morgan fingerprint density at radius 3 is 2.57 bits per heavy atom. The smallest absolute Gasteiger partial charge is 0.133 e. The second-order valence-electron chi connectivity index (χ2n) is 5.97. The van der Waals surface area contributed by atoms with Crippen LogP contribution in [-0.4, -0.2) is 10.5 Å². The maximum Gasteiger partial charge on any atom is 0.133 e. The molecule has 1 aromatic heterocycles. The number of hydrogen-bond acceptors (Lipinski definition) is 3. The topological polar surface area (TPSA) is 24.9 Å². The summed E-state index contributed by atoms with van der Waals surface area (Å²) in [6, 6.07) is 3.47. The van der Waals surface area contributed by atoms with Crippen LogP contribution < -0.4 is 5.32 Å². The van der Waals surface area contributed by atoms with E-state index < -0.39 is 11.6 Å². The van der Waals surface area contributed by atoms with Crippen molar-refractivity contribution in [2.45, 2.75) is 46.2 Å². The molecule has 0 bridgehead atoms. The molecular formula is C16H20F2N2S. The van der Waals surface area contributed by atoms with Crippen molar-refractivity contribution in [3.8, 4) is 10.6 Å². The maximum absolute atomic E-state index is 13.9. The molecular weight excluding hydrogens is 290 g/mol. The van der Waals surface area contributed by atoms with Crippen LogP contribution in [0.1, 0.15) is 38.3 Å². The summed E-state index contributed by atoms with van der Waals surface area (Å²) in [4.78, 5) is 5.55. The number of aromatic nitrogens is 1. The van der Waals surface area contributed by atoms with Gasteiger partial charge in [-0.15, -0.1) is 11.3 Å². The summed E-state index contributed by atoms with van der Waals surface area (Å²) in [6.45, 7) is 8.97. The molecule has 0 spiro atoms. The first-order valence-corrected chi connectivity index (χ1v) is 7.81. The van der Waals surface area contributed by atoms with E-state index in [1.165, 1.54) is 17.4 Å². The minimum atomic E-state index is -0.450. The van der Waals surface area contributed by atoms with Crippen molar-refractivity contribution in [2.75, 3.05) is 0 Å². The van der Waals surface area contributed by atoms with Gasteiger partial charge in [-0.3, -0.25) is 0 Å². The Hall–Kier alpha value is -1.33. The molecule has 0 unspecified atom stereocenters. The number of rotatable bonds is 4. The third-order valence-corrected chi connectivity index (χ3v) is 4.18. The van der Waals surface area contributed by atoms with E-state index in [1.807, 2.05) is 6.92 Å². The van der Waals surface area contributed by atoms with E-state index in [9.17, 15) is 8.78 Å². The number of halogens is 2. The molecule has 1 N–H and O–H groups in total. The molecule has 1 aromatic carbocycles. The summed E-state index contributed by atoms with van der Waals surface area (Å²) in [5.74, 6) is -0.892. The second-order valence-corrected chi connectivity index (χ2v) is 7.05. The summed E-state index contributed by atoms with van der Waals surface area (Å²) < 4.78 is 27.2. The van der Waals surface area contributed by atoms with Crippen LogP contribution in [-0.2, 0) is 13.0 Å². The lowest BCUT2D eigenvalue weighted by Gasteiger charge is -2.20. The fraction of sp³-hybridized carbons (Fsp3) is 0.438. The zero-order valence-corrected chi connectivity index (χ0v) is 13.6. The van der Waals surface area contributed by atoms with Gasteiger partial charge in [-0.1, -0.05) is 6.92 Å². The van der Waals surface area contributed by atoms with Crippen LogP contribution in [0.25, 0.3) is 10.6 Å². The molecule has 0 radical (unpaired) electrons. The van der Waals surface area contributed by atoms with Crippen LogP contribution in [0.5, 0.6) is 0 Å². The predicted octanol–water partition coefficient (Wildman–Crippen LogP) is 4.54. The van der Waals surface area contributed by atoms with Gasteiger partial charge in [0, 0.05) is 22.5 Å². The molecule has 114 valence electrons. The van der Waals surface area contributed by atoms with Crippen LogP contribution in [0.4, 0.5) is 8.78 Å². The average molecular weight is 310 g/mol. The van der Waals surface area contributed by atoms with Crippen LogP contribution in [0, 0.1) is 11.6 Å². The van der Waals surface area contributed by atoms with Crippen LogP contribution in [0.2, 0.25) is 0 Å². The highest BCUT2D eigenvalue weighted by Crippen LogP contribution is 2.31. The molecule has 0 atom stereocenters. The van der Waals surface area contributed by atoms with Gasteiger partial charge in [0.15, 0.2) is 0 Å². The Morgan fingerprint density at radius 1 is 1.24 bits per heavy atom. The minimum Gasteiger partial charge on any atom is -0.307 e. The monoisotopic (exact) mass is 310 g/mol. The van der Waals surface area contributed by atoms with E-state index in [0.29, 0.717) is 11.6 Å². The number of nitrogens with zero attached hydrogens (tertiary/aromatic N) is 1. The van der Waals surface area contributed by atoms with Crippen LogP contribution >= 0.6 is 11.3 Å². The highest BCUT2D eigenvalue weighted by Gasteiger charge is 2.17. The molecule has 2 rings (SSSR count). The van der Waals surface area contributed by atoms with Crippen molar-refractivity contribution in [2.24, 2.45) is 0 Å². The third-order valence-electron chi connectivity index (χ3n) is 3.05. The Kier molecular flexibility index (Phi) is 4.74. The van der Waals surface area contributed by atoms with Crippen molar-refractivity contribution in [3.63, 3.8) is 0 Å². The standard InChI is InChI=1S/C16H20F2N2S/c1-5-13-14(9-19-16(2,3)4)21-15(20-13)11-8-10(17)6-7-12(11)18/h6-8,19H,5,9H2,1-4H3. The number of nitrogens with one attached hydrogen (secondary N) is 1. The van der Waals surface area contributed by atoms with E-state index in [-0.39, 0.29) is 11.1 Å². The van der Waals surface area contributed by atoms with Gasteiger partial charge in [-0.2, -0.15) is 0 Å². The van der Waals surface area contributed by atoms with Crippen molar-refractivity contribution in [1.29, 1.82) is 0 Å². The predicted molar refractivity (Wildman–Crippen MR) is 83.4 cm³/mol. The van der Waals surface area contributed by atoms with E-state index in [1.54, 1.807) is 0 Å². The van der Waals surface area contributed by atoms with Gasteiger partial charge in [0.05, 0.1) is 5.69 Å². The van der Waals surface area contributed by atoms with Crippen LogP contribution in [0.15, 0.2) is 18.2 Å². The lowest BCUT2D eigenvalue weighted by atomic mass is 10.1. The lowest BCUT2D eigenvalue weighted by Crippen LogP contribution is -2.35. The Morgan fingerprint density at radius 2 is 1.95 bits per heavy atom. The largest absolute Gasteiger partial charge is 0.307 e. The molecule has 0 aliphatic heterocycles. The number of hydrogen-bond donors (Lipinski definition) is 1. The molecule has 1 heterocycles. The molecule has 5 heteroatoms. The zero-order chi connectivity index (χ0) is 15.6. The van der Waals surface area contributed by atoms with Gasteiger partial charge in [0.2, 0.25) is 0 Å². The zero-order valence-electron chi connectivity index (χ0n) is 12.8. The van der Waals surface area contributed by atoms with Crippen molar-refractivity contribution >= 4 is 11.3 Å². The molecule has 0 amide bonds. The normalized spacial score (nSPS) is 11.9. The van der Waals surface area contributed by atoms with Gasteiger partial charge in [-0.25, -0.2) is 13.8 Å². The third kappa shape index (κ3) is 4.08. The van der Waals surface area contributed by atoms with Crippen molar-refractivity contribution in [1.82, 2.24) is 10.3 Å². The SMILES string of the molecule is CCc1nc(-c2cc(F)ccc2F)sc1CNC(C)(C)C. The van der Waals surface area contributed by atoms with E-state index in [4.69, 9.17) is 0 Å². The molecule has 21 heavy (non-hydrogen) atoms. The fourth-order valence-electron chi connectivity index (χ4n) is 1.92. The molecule has 2 nitrogen and oxygen atoms in total. The summed E-state index contributed by atoms with van der Waals surface area (Å²) in [7, 11) is 0. The number of thiazole rings is 1. The fourth-order valence-corrected chi connectivity index (χ4v) is 3.03. The van der Waals surface area contributed by atoms with E-state index in [2.05, 4.69) is 31.1 Å². The first kappa shape index (κ1) is 16.0. The molecule has 0 aliphatic carbocycles. The first-order valence-electron chi connectivity index (χ1n) is 6.99. The Bertz CT molecular complexity index is 630. The van der Waals surface area contributed by atoms with Gasteiger partial charge in [0.1, 0.15) is 16.6 Å². The van der Waals surface area contributed by atoms with E-state index >= 15 is 0 Å². The quantitative estimate of drug-likeness (QED) is 0.897. The molecule has 0 aliphatic rings. The number of benzene rings is 1. The highest BCUT2D eigenvalue weighted by molar-refractivity contribution is 7.15. The summed E-state index contributed by atoms with van der Waals surface area (Å²) in [6.07, 6.45) is 0.772. The van der Waals surface area contributed by atoms with E-state index in [0.717, 1.165) is 29.1 Å². The average Bonchev–Trinajstić information content (AvgIpc) is 2.81. The Balaban J connectivity index is 2.34. The summed E-state index contributed by atoms with van der Waals surface area (Å²) >= 11 is 1.42. The highest BCUT2D eigenvalue weighted by atomic mass is 32.1. The lowest BCUT2D eigenvalue weighted by molar-refractivity contribution is 0.425. The van der Waals surface area contributed by atoms with Crippen molar-refractivity contribution in [3.05, 3.63) is 40.4 Å². The second kappa shape index (κ2) is 6.20. The molecule has 2 aromatic rings. The first-order chi connectivity index (χ1) is 9.80. The molecule has 0 fully saturated rings. The number of aryl methyl sites for hydroxylation is 1. The van der Waals surface area contributed by atoms with Crippen LogP contribution in [0.3, 0.4) is 0 Å². The maximum atomic E-state index is 13.9. The van der Waals surface area contributed by atoms with Gasteiger partial charge in [0.25, 0.3) is 0 Å².